The van der Waals surface area contributed by atoms with E-state index in [9.17, 15) is 22.5 Å². The van der Waals surface area contributed by atoms with E-state index in [2.05, 4.69) is 35.4 Å². The lowest BCUT2D eigenvalue weighted by Gasteiger charge is -2.32. The van der Waals surface area contributed by atoms with Gasteiger partial charge in [0.1, 0.15) is 18.2 Å². The van der Waals surface area contributed by atoms with E-state index in [0.717, 1.165) is 57.1 Å². The van der Waals surface area contributed by atoms with Crippen LogP contribution >= 0.6 is 7.82 Å². The quantitative estimate of drug-likeness (QED) is 0.104. The summed E-state index contributed by atoms with van der Waals surface area (Å²) in [5.41, 5.74) is 6.47. The molecular weight excluding hydrogens is 763 g/mol. The van der Waals surface area contributed by atoms with Crippen LogP contribution in [0.25, 0.3) is 27.8 Å². The fraction of sp³-hybridized carbons (Fsp3) is 0.286. The van der Waals surface area contributed by atoms with E-state index in [0.29, 0.717) is 40.9 Å². The van der Waals surface area contributed by atoms with Gasteiger partial charge in [0.25, 0.3) is 0 Å². The minimum Gasteiger partial charge on any atom is -0.444 e. The number of rotatable bonds is 10. The molecule has 0 saturated heterocycles. The van der Waals surface area contributed by atoms with Crippen molar-refractivity contribution in [1.29, 1.82) is 0 Å². The van der Waals surface area contributed by atoms with Crippen molar-refractivity contribution in [3.05, 3.63) is 136 Å². The maximum absolute atomic E-state index is 15.9. The summed E-state index contributed by atoms with van der Waals surface area (Å²) >= 11 is 0. The van der Waals surface area contributed by atoms with E-state index in [1.54, 1.807) is 19.1 Å². The van der Waals surface area contributed by atoms with Gasteiger partial charge in [-0.2, -0.15) is 18.3 Å². The molecule has 7 rings (SSSR count). The lowest BCUT2D eigenvalue weighted by Crippen LogP contribution is -2.36. The highest BCUT2D eigenvalue weighted by Crippen LogP contribution is 2.47. The Hall–Kier alpha value is -5.27. The van der Waals surface area contributed by atoms with Gasteiger partial charge < -0.3 is 9.26 Å². The third-order valence-corrected chi connectivity index (χ3v) is 11.1. The number of alkyl halides is 3. The van der Waals surface area contributed by atoms with E-state index >= 15 is 4.39 Å². The topological polar surface area (TPSA) is 119 Å². The molecule has 298 valence electrons. The third kappa shape index (κ3) is 7.62. The first-order valence-electron chi connectivity index (χ1n) is 18.4. The van der Waals surface area contributed by atoms with Crippen LogP contribution in [-0.4, -0.2) is 35.1 Å². The standard InChI is InChI=1S/C42H41F4N4O6P/c1-6-27-9-8-10-28(7-2)36(27)50-37(34-23-48(41(4,5)39(34)47-50)22-29-13-14-30(21-25(29)3)42(44,45)46)32-17-18-35(43)38-33(32)19-20-49(38)40(51)55-24-26-11-15-31(16-12-26)56-57(52,53)54/h8-21H,6-7,22-24H2,1-5H3,(H2,52,53,54). The second kappa shape index (κ2) is 14.9. The molecule has 10 nitrogen and oxygen atoms in total. The van der Waals surface area contributed by atoms with Gasteiger partial charge in [0.15, 0.2) is 0 Å². The monoisotopic (exact) mass is 804 g/mol. The Balaban J connectivity index is 1.30. The van der Waals surface area contributed by atoms with Crippen LogP contribution in [0.1, 0.15) is 72.3 Å². The van der Waals surface area contributed by atoms with Crippen LogP contribution in [0.2, 0.25) is 0 Å². The predicted molar refractivity (Wildman–Crippen MR) is 206 cm³/mol. The van der Waals surface area contributed by atoms with Gasteiger partial charge in [-0.1, -0.05) is 50.2 Å². The zero-order valence-corrected chi connectivity index (χ0v) is 32.8. The lowest BCUT2D eigenvalue weighted by molar-refractivity contribution is -0.137. The number of ether oxygens (including phenoxy) is 1. The normalized spacial score (nSPS) is 14.3. The van der Waals surface area contributed by atoms with Gasteiger partial charge in [-0.15, -0.1) is 0 Å². The first-order chi connectivity index (χ1) is 26.9. The Morgan fingerprint density at radius 1 is 0.947 bits per heavy atom. The number of hydrogen-bond acceptors (Lipinski definition) is 6. The van der Waals surface area contributed by atoms with Gasteiger partial charge in [0.2, 0.25) is 0 Å². The maximum Gasteiger partial charge on any atom is 0.524 e. The Morgan fingerprint density at radius 2 is 1.63 bits per heavy atom. The van der Waals surface area contributed by atoms with Crippen molar-refractivity contribution >= 4 is 24.8 Å². The summed E-state index contributed by atoms with van der Waals surface area (Å²) in [6.07, 6.45) is -2.42. The van der Waals surface area contributed by atoms with E-state index in [1.807, 2.05) is 24.6 Å². The van der Waals surface area contributed by atoms with Crippen molar-refractivity contribution in [1.82, 2.24) is 19.2 Å². The highest BCUT2D eigenvalue weighted by molar-refractivity contribution is 7.46. The number of fused-ring (bicyclic) bond motifs is 2. The fourth-order valence-electron chi connectivity index (χ4n) is 7.64. The number of phosphoric ester groups is 1. The molecule has 0 atom stereocenters. The zero-order chi connectivity index (χ0) is 41.0. The first kappa shape index (κ1) is 39.9. The number of benzene rings is 4. The molecule has 2 N–H and O–H groups in total. The smallest absolute Gasteiger partial charge is 0.444 e. The van der Waals surface area contributed by atoms with Crippen molar-refractivity contribution < 1.29 is 46.0 Å². The molecule has 0 aliphatic carbocycles. The van der Waals surface area contributed by atoms with Gasteiger partial charge in [-0.3, -0.25) is 14.7 Å². The highest BCUT2D eigenvalue weighted by atomic mass is 31.2. The SMILES string of the molecule is CCc1cccc(CC)c1-n1nc2c(c1-c1ccc(F)c3c1ccn3C(=O)OCc1ccc(OP(=O)(O)O)cc1)CN(Cc1ccc(C(F)(F)F)cc1C)C2(C)C. The van der Waals surface area contributed by atoms with Gasteiger partial charge >= 0.3 is 20.1 Å². The van der Waals surface area contributed by atoms with Crippen molar-refractivity contribution in [2.75, 3.05) is 0 Å². The average Bonchev–Trinajstić information content (AvgIpc) is 3.83. The number of phosphoric acid groups is 1. The van der Waals surface area contributed by atoms with E-state index < -0.39 is 37.0 Å². The number of hydrogen-bond donors (Lipinski definition) is 2. The number of aromatic nitrogens is 3. The Kier molecular flexibility index (Phi) is 10.4. The number of carbonyl (C=O) groups excluding carboxylic acids is 1. The summed E-state index contributed by atoms with van der Waals surface area (Å²) in [5.74, 6) is -0.718. The van der Waals surface area contributed by atoms with E-state index in [-0.39, 0.29) is 17.9 Å². The van der Waals surface area contributed by atoms with Gasteiger partial charge in [-0.05, 0) is 104 Å². The number of halogens is 4. The molecule has 0 spiro atoms. The summed E-state index contributed by atoms with van der Waals surface area (Å²) in [6, 6.07) is 20.2. The second-order valence-corrected chi connectivity index (χ2v) is 15.8. The van der Waals surface area contributed by atoms with Crippen molar-refractivity contribution in [3.63, 3.8) is 0 Å². The molecule has 1 aliphatic rings. The Labute approximate surface area is 326 Å². The molecular formula is C42H41F4N4O6P. The molecule has 4 aromatic carbocycles. The largest absolute Gasteiger partial charge is 0.524 e. The second-order valence-electron chi connectivity index (χ2n) is 14.6. The summed E-state index contributed by atoms with van der Waals surface area (Å²) in [4.78, 5) is 33.8. The number of carbonyl (C=O) groups is 1. The molecule has 0 amide bonds. The molecule has 3 heterocycles. The van der Waals surface area contributed by atoms with Crippen LogP contribution in [0.15, 0.2) is 85.1 Å². The number of nitrogens with zero attached hydrogens (tertiary/aromatic N) is 4. The summed E-state index contributed by atoms with van der Waals surface area (Å²) in [6.45, 7) is 10.4. The van der Waals surface area contributed by atoms with E-state index in [1.165, 1.54) is 48.7 Å². The predicted octanol–water partition coefficient (Wildman–Crippen LogP) is 9.99. The average molecular weight is 805 g/mol. The Morgan fingerprint density at radius 3 is 2.25 bits per heavy atom. The molecule has 1 aliphatic heterocycles. The first-order valence-corrected chi connectivity index (χ1v) is 19.9. The molecule has 0 unspecified atom stereocenters. The third-order valence-electron chi connectivity index (χ3n) is 10.7. The van der Waals surface area contributed by atoms with Crippen LogP contribution in [0.3, 0.4) is 0 Å². The summed E-state index contributed by atoms with van der Waals surface area (Å²) in [5, 5.41) is 5.75. The van der Waals surface area contributed by atoms with Gasteiger partial charge in [0, 0.05) is 35.8 Å². The number of aryl methyl sites for hydroxylation is 3. The molecule has 15 heteroatoms. The number of para-hydroxylation sites is 1. The summed E-state index contributed by atoms with van der Waals surface area (Å²) < 4.78 is 80.7. The van der Waals surface area contributed by atoms with E-state index in [4.69, 9.17) is 19.6 Å². The molecule has 6 aromatic rings. The lowest BCUT2D eigenvalue weighted by atomic mass is 9.96. The van der Waals surface area contributed by atoms with Crippen LogP contribution < -0.4 is 4.52 Å². The minimum atomic E-state index is -4.75. The molecule has 0 bridgehead atoms. The van der Waals surface area contributed by atoms with Crippen molar-refractivity contribution in [2.24, 2.45) is 0 Å². The van der Waals surface area contributed by atoms with Crippen LogP contribution in [0.5, 0.6) is 5.75 Å². The van der Waals surface area contributed by atoms with Crippen LogP contribution in [0, 0.1) is 12.7 Å². The maximum atomic E-state index is 15.9. The van der Waals surface area contributed by atoms with Crippen LogP contribution in [-0.2, 0) is 53.6 Å². The molecule has 57 heavy (non-hydrogen) atoms. The van der Waals surface area contributed by atoms with Gasteiger partial charge in [-0.25, -0.2) is 23.0 Å². The zero-order valence-electron chi connectivity index (χ0n) is 31.9. The van der Waals surface area contributed by atoms with Crippen LogP contribution in [0.4, 0.5) is 22.4 Å². The minimum absolute atomic E-state index is 0.00150. The van der Waals surface area contributed by atoms with Gasteiger partial charge in [0.05, 0.1) is 33.7 Å². The molecule has 0 fully saturated rings. The fourth-order valence-corrected chi connectivity index (χ4v) is 8.04. The summed E-state index contributed by atoms with van der Waals surface area (Å²) in [7, 11) is -4.75. The van der Waals surface area contributed by atoms with Crippen molar-refractivity contribution in [3.8, 4) is 22.7 Å². The Bertz CT molecular complexity index is 2530. The highest BCUT2D eigenvalue weighted by Gasteiger charge is 2.44. The molecule has 0 saturated carbocycles. The molecule has 0 radical (unpaired) electrons. The molecule has 2 aromatic heterocycles. The van der Waals surface area contributed by atoms with Crippen molar-refractivity contribution in [2.45, 2.75) is 78.9 Å².